The molecular formula is C18H26N8O3. The van der Waals surface area contributed by atoms with Crippen molar-refractivity contribution in [3.8, 4) is 17.2 Å². The Morgan fingerprint density at radius 1 is 1.14 bits per heavy atom. The predicted molar refractivity (Wildman–Crippen MR) is 109 cm³/mol. The normalized spacial score (nSPS) is 12.3. The molecule has 1 atom stereocenters. The van der Waals surface area contributed by atoms with Crippen molar-refractivity contribution in [3.05, 3.63) is 17.7 Å². The van der Waals surface area contributed by atoms with E-state index < -0.39 is 0 Å². The van der Waals surface area contributed by atoms with E-state index in [1.54, 1.807) is 16.8 Å². The molecule has 0 amide bonds. The maximum Gasteiger partial charge on any atom is 0.226 e. The molecule has 156 valence electrons. The number of aromatic nitrogens is 5. The summed E-state index contributed by atoms with van der Waals surface area (Å²) >= 11 is 0. The number of nitrogens with zero attached hydrogens (tertiary/aromatic N) is 5. The van der Waals surface area contributed by atoms with Gasteiger partial charge in [-0.05, 0) is 32.9 Å². The number of phenols is 2. The topological polar surface area (TPSA) is 156 Å². The number of ether oxygens (including phenoxy) is 1. The fraction of sp³-hybridized carbons (Fsp3) is 0.444. The van der Waals surface area contributed by atoms with Gasteiger partial charge in [0.05, 0.1) is 13.2 Å². The van der Waals surface area contributed by atoms with Gasteiger partial charge in [0.15, 0.2) is 28.5 Å². The Kier molecular flexibility index (Phi) is 5.87. The molecule has 1 unspecified atom stereocenters. The SMILES string of the molecule is COc1ccc(CNc2nc(NCC(C)N)nc3c2nnn3C(C)C)c(O)c1O. The van der Waals surface area contributed by atoms with Crippen LogP contribution in [0.3, 0.4) is 0 Å². The van der Waals surface area contributed by atoms with Crippen molar-refractivity contribution < 1.29 is 14.9 Å². The second-order valence-electron chi connectivity index (χ2n) is 7.03. The lowest BCUT2D eigenvalue weighted by Gasteiger charge is -2.13. The summed E-state index contributed by atoms with van der Waals surface area (Å²) in [6, 6.07) is 3.22. The van der Waals surface area contributed by atoms with Crippen LogP contribution in [0, 0.1) is 0 Å². The Labute approximate surface area is 167 Å². The fourth-order valence-corrected chi connectivity index (χ4v) is 2.72. The Balaban J connectivity index is 1.94. The van der Waals surface area contributed by atoms with Crippen LogP contribution < -0.4 is 21.1 Å². The monoisotopic (exact) mass is 402 g/mol. The van der Waals surface area contributed by atoms with Crippen molar-refractivity contribution in [1.29, 1.82) is 0 Å². The molecule has 3 rings (SSSR count). The zero-order chi connectivity index (χ0) is 21.1. The molecule has 3 aromatic rings. The molecular weight excluding hydrogens is 376 g/mol. The summed E-state index contributed by atoms with van der Waals surface area (Å²) in [5, 5.41) is 34.8. The quantitative estimate of drug-likeness (QED) is 0.351. The molecule has 2 heterocycles. The van der Waals surface area contributed by atoms with E-state index in [0.717, 1.165) is 0 Å². The lowest BCUT2D eigenvalue weighted by Crippen LogP contribution is -2.26. The zero-order valence-electron chi connectivity index (χ0n) is 16.8. The first-order valence-corrected chi connectivity index (χ1v) is 9.25. The van der Waals surface area contributed by atoms with Crippen molar-refractivity contribution in [1.82, 2.24) is 25.0 Å². The van der Waals surface area contributed by atoms with E-state index >= 15 is 0 Å². The van der Waals surface area contributed by atoms with Crippen LogP contribution in [0.1, 0.15) is 32.4 Å². The average Bonchev–Trinajstić information content (AvgIpc) is 3.11. The van der Waals surface area contributed by atoms with Crippen molar-refractivity contribution in [2.75, 3.05) is 24.3 Å². The molecule has 0 radical (unpaired) electrons. The van der Waals surface area contributed by atoms with Crippen LogP contribution in [-0.2, 0) is 6.54 Å². The Bertz CT molecular complexity index is 1000. The summed E-state index contributed by atoms with van der Waals surface area (Å²) in [7, 11) is 1.42. The van der Waals surface area contributed by atoms with Gasteiger partial charge < -0.3 is 31.3 Å². The third kappa shape index (κ3) is 4.24. The Morgan fingerprint density at radius 2 is 1.90 bits per heavy atom. The summed E-state index contributed by atoms with van der Waals surface area (Å²) in [5.74, 6) is 0.456. The molecule has 11 nitrogen and oxygen atoms in total. The minimum atomic E-state index is -0.315. The molecule has 0 spiro atoms. The summed E-state index contributed by atoms with van der Waals surface area (Å²) in [6.07, 6.45) is 0. The van der Waals surface area contributed by atoms with Crippen LogP contribution in [0.15, 0.2) is 12.1 Å². The molecule has 0 aliphatic heterocycles. The number of nitrogens with two attached hydrogens (primary N) is 1. The highest BCUT2D eigenvalue weighted by molar-refractivity contribution is 5.83. The van der Waals surface area contributed by atoms with Crippen LogP contribution in [0.5, 0.6) is 17.2 Å². The highest BCUT2D eigenvalue weighted by Crippen LogP contribution is 2.38. The average molecular weight is 402 g/mol. The number of phenolic OH excluding ortho intramolecular Hbond substituents is 2. The van der Waals surface area contributed by atoms with Gasteiger partial charge in [0.1, 0.15) is 0 Å². The molecule has 2 aromatic heterocycles. The standard InChI is InChI=1S/C18H26N8O3/c1-9(2)26-17-13(24-25-26)16(22-18(23-17)21-7-10(3)19)20-8-11-5-6-12(29-4)15(28)14(11)27/h5-6,9-10,27-28H,7-8,19H2,1-4H3,(H2,20,21,22,23). The Morgan fingerprint density at radius 3 is 2.55 bits per heavy atom. The number of hydrogen-bond donors (Lipinski definition) is 5. The van der Waals surface area contributed by atoms with E-state index in [0.29, 0.717) is 35.0 Å². The molecule has 6 N–H and O–H groups in total. The molecule has 0 saturated carbocycles. The molecule has 29 heavy (non-hydrogen) atoms. The van der Waals surface area contributed by atoms with E-state index in [-0.39, 0.29) is 35.9 Å². The number of fused-ring (bicyclic) bond motifs is 1. The first-order chi connectivity index (χ1) is 13.8. The number of rotatable bonds is 8. The Hall–Kier alpha value is -3.34. The van der Waals surface area contributed by atoms with Gasteiger partial charge in [0.25, 0.3) is 0 Å². The highest BCUT2D eigenvalue weighted by Gasteiger charge is 2.18. The van der Waals surface area contributed by atoms with E-state index in [9.17, 15) is 10.2 Å². The third-order valence-electron chi connectivity index (χ3n) is 4.26. The summed E-state index contributed by atoms with van der Waals surface area (Å²) in [5.41, 5.74) is 7.36. The molecule has 0 fully saturated rings. The molecule has 0 bridgehead atoms. The van der Waals surface area contributed by atoms with Crippen molar-refractivity contribution in [2.45, 2.75) is 39.4 Å². The van der Waals surface area contributed by atoms with E-state index in [1.165, 1.54) is 7.11 Å². The molecule has 0 aliphatic carbocycles. The summed E-state index contributed by atoms with van der Waals surface area (Å²) in [4.78, 5) is 8.99. The second-order valence-corrected chi connectivity index (χ2v) is 7.03. The number of nitrogens with one attached hydrogen (secondary N) is 2. The maximum atomic E-state index is 10.2. The van der Waals surface area contributed by atoms with E-state index in [1.807, 2.05) is 20.8 Å². The third-order valence-corrected chi connectivity index (χ3v) is 4.26. The zero-order valence-corrected chi connectivity index (χ0v) is 16.8. The van der Waals surface area contributed by atoms with E-state index in [2.05, 4.69) is 30.9 Å². The molecule has 1 aromatic carbocycles. The van der Waals surface area contributed by atoms with Crippen LogP contribution in [0.4, 0.5) is 11.8 Å². The first-order valence-electron chi connectivity index (χ1n) is 9.25. The van der Waals surface area contributed by atoms with Crippen molar-refractivity contribution >= 4 is 22.9 Å². The lowest BCUT2D eigenvalue weighted by atomic mass is 10.1. The van der Waals surface area contributed by atoms with Gasteiger partial charge in [-0.15, -0.1) is 5.10 Å². The van der Waals surface area contributed by atoms with Crippen molar-refractivity contribution in [3.63, 3.8) is 0 Å². The lowest BCUT2D eigenvalue weighted by molar-refractivity contribution is 0.349. The number of methoxy groups -OCH3 is 1. The first kappa shape index (κ1) is 20.4. The van der Waals surface area contributed by atoms with Gasteiger partial charge in [-0.3, -0.25) is 0 Å². The van der Waals surface area contributed by atoms with Gasteiger partial charge in [-0.1, -0.05) is 5.21 Å². The predicted octanol–water partition coefficient (Wildman–Crippen LogP) is 1.59. The van der Waals surface area contributed by atoms with Gasteiger partial charge >= 0.3 is 0 Å². The number of aromatic hydroxyl groups is 2. The van der Waals surface area contributed by atoms with Gasteiger partial charge in [-0.2, -0.15) is 9.97 Å². The van der Waals surface area contributed by atoms with Gasteiger partial charge in [0, 0.05) is 24.7 Å². The number of benzene rings is 1. The maximum absolute atomic E-state index is 10.2. The largest absolute Gasteiger partial charge is 0.504 e. The second kappa shape index (κ2) is 8.35. The molecule has 11 heteroatoms. The van der Waals surface area contributed by atoms with Crippen LogP contribution >= 0.6 is 0 Å². The van der Waals surface area contributed by atoms with E-state index in [4.69, 9.17) is 10.5 Å². The summed E-state index contributed by atoms with van der Waals surface area (Å²) in [6.45, 7) is 6.54. The van der Waals surface area contributed by atoms with Crippen LogP contribution in [0.2, 0.25) is 0 Å². The number of anilines is 2. The summed E-state index contributed by atoms with van der Waals surface area (Å²) < 4.78 is 6.70. The van der Waals surface area contributed by atoms with Crippen LogP contribution in [0.25, 0.3) is 11.2 Å². The van der Waals surface area contributed by atoms with Crippen molar-refractivity contribution in [2.24, 2.45) is 5.73 Å². The van der Waals surface area contributed by atoms with Crippen LogP contribution in [-0.4, -0.2) is 54.9 Å². The van der Waals surface area contributed by atoms with Gasteiger partial charge in [0.2, 0.25) is 11.7 Å². The molecule has 0 aliphatic rings. The minimum absolute atomic E-state index is 0.0617. The highest BCUT2D eigenvalue weighted by atomic mass is 16.5. The minimum Gasteiger partial charge on any atom is -0.504 e. The number of hydrogen-bond acceptors (Lipinski definition) is 10. The smallest absolute Gasteiger partial charge is 0.226 e. The fourth-order valence-electron chi connectivity index (χ4n) is 2.72. The van der Waals surface area contributed by atoms with Gasteiger partial charge in [-0.25, -0.2) is 4.68 Å². The molecule has 0 saturated heterocycles.